The van der Waals surface area contributed by atoms with E-state index >= 15 is 0 Å². The Morgan fingerprint density at radius 2 is 2.14 bits per heavy atom. The van der Waals surface area contributed by atoms with Crippen molar-refractivity contribution in [3.8, 4) is 0 Å². The van der Waals surface area contributed by atoms with Crippen molar-refractivity contribution in [1.29, 1.82) is 0 Å². The van der Waals surface area contributed by atoms with Gasteiger partial charge in [-0.3, -0.25) is 4.79 Å². The summed E-state index contributed by atoms with van der Waals surface area (Å²) in [5.74, 6) is 0.664. The first-order valence-corrected chi connectivity index (χ1v) is 8.94. The van der Waals surface area contributed by atoms with Gasteiger partial charge < -0.3 is 9.88 Å². The van der Waals surface area contributed by atoms with E-state index in [1.165, 1.54) is 12.1 Å². The van der Waals surface area contributed by atoms with Crippen LogP contribution in [-0.2, 0) is 22.8 Å². The molecule has 6 nitrogen and oxygen atoms in total. The number of hydrogen-bond donors (Lipinski definition) is 1. The van der Waals surface area contributed by atoms with Crippen LogP contribution in [0.4, 0.5) is 0 Å². The van der Waals surface area contributed by atoms with Crippen molar-refractivity contribution in [3.63, 3.8) is 0 Å². The van der Waals surface area contributed by atoms with Crippen LogP contribution in [0.2, 0.25) is 0 Å². The summed E-state index contributed by atoms with van der Waals surface area (Å²) in [7, 11) is -3.44. The van der Waals surface area contributed by atoms with Gasteiger partial charge in [0.15, 0.2) is 9.84 Å². The van der Waals surface area contributed by atoms with Crippen LogP contribution in [0.1, 0.15) is 22.6 Å². The number of benzene rings is 1. The van der Waals surface area contributed by atoms with Gasteiger partial charge in [0.25, 0.3) is 5.91 Å². The standard InChI is InChI=1S/C15H17N3O3S/c1-22(20,21)13-5-3-2-4-12(13)15(19)17-11-6-7-14-16-8-9-18(14)10-11/h2-5,8-9,11H,6-7,10H2,1H3,(H,17,19)/t11-/m0/s1. The van der Waals surface area contributed by atoms with Crippen LogP contribution in [0, 0.1) is 0 Å². The molecule has 0 radical (unpaired) electrons. The van der Waals surface area contributed by atoms with E-state index in [0.29, 0.717) is 6.54 Å². The molecule has 3 rings (SSSR count). The Morgan fingerprint density at radius 3 is 2.91 bits per heavy atom. The molecule has 0 unspecified atom stereocenters. The number of aryl methyl sites for hydroxylation is 1. The van der Waals surface area contributed by atoms with E-state index in [0.717, 1.165) is 24.9 Å². The molecular formula is C15H17N3O3S. The van der Waals surface area contributed by atoms with E-state index in [1.807, 2.05) is 10.8 Å². The average Bonchev–Trinajstić information content (AvgIpc) is 2.94. The molecule has 7 heteroatoms. The first-order valence-electron chi connectivity index (χ1n) is 7.05. The number of nitrogens with zero attached hydrogens (tertiary/aromatic N) is 2. The van der Waals surface area contributed by atoms with Gasteiger partial charge in [0.2, 0.25) is 0 Å². The second-order valence-corrected chi connectivity index (χ2v) is 7.46. The summed E-state index contributed by atoms with van der Waals surface area (Å²) in [4.78, 5) is 16.7. The summed E-state index contributed by atoms with van der Waals surface area (Å²) in [5.41, 5.74) is 0.196. The highest BCUT2D eigenvalue weighted by Gasteiger charge is 2.23. The van der Waals surface area contributed by atoms with Crippen LogP contribution in [0.3, 0.4) is 0 Å². The molecule has 0 spiro atoms. The van der Waals surface area contributed by atoms with E-state index in [1.54, 1.807) is 18.3 Å². The lowest BCUT2D eigenvalue weighted by Gasteiger charge is -2.25. The summed E-state index contributed by atoms with van der Waals surface area (Å²) in [6.07, 6.45) is 6.34. The molecule has 0 fully saturated rings. The lowest BCUT2D eigenvalue weighted by molar-refractivity contribution is 0.0924. The molecule has 0 saturated carbocycles. The first kappa shape index (κ1) is 14.8. The first-order chi connectivity index (χ1) is 10.4. The van der Waals surface area contributed by atoms with Gasteiger partial charge in [-0.05, 0) is 18.6 Å². The number of carbonyl (C=O) groups excluding carboxylic acids is 1. The van der Waals surface area contributed by atoms with E-state index in [4.69, 9.17) is 0 Å². The smallest absolute Gasteiger partial charge is 0.252 e. The fraction of sp³-hybridized carbons (Fsp3) is 0.333. The molecule has 2 aromatic rings. The number of hydrogen-bond acceptors (Lipinski definition) is 4. The number of nitrogens with one attached hydrogen (secondary N) is 1. The third-order valence-electron chi connectivity index (χ3n) is 3.80. The lowest BCUT2D eigenvalue weighted by Crippen LogP contribution is -2.41. The average molecular weight is 319 g/mol. The van der Waals surface area contributed by atoms with Crippen LogP contribution in [0.5, 0.6) is 0 Å². The van der Waals surface area contributed by atoms with Crippen LogP contribution >= 0.6 is 0 Å². The Kier molecular flexibility index (Phi) is 3.74. The number of fused-ring (bicyclic) bond motifs is 1. The van der Waals surface area contributed by atoms with Crippen LogP contribution in [-0.4, -0.2) is 36.2 Å². The zero-order chi connectivity index (χ0) is 15.7. The fourth-order valence-electron chi connectivity index (χ4n) is 2.73. The van der Waals surface area contributed by atoms with E-state index in [-0.39, 0.29) is 22.4 Å². The fourth-order valence-corrected chi connectivity index (χ4v) is 3.61. The SMILES string of the molecule is CS(=O)(=O)c1ccccc1C(=O)N[C@H]1CCc2nccn2C1. The minimum Gasteiger partial charge on any atom is -0.347 e. The van der Waals surface area contributed by atoms with Gasteiger partial charge in [-0.2, -0.15) is 0 Å². The number of imidazole rings is 1. The van der Waals surface area contributed by atoms with Crippen molar-refractivity contribution in [2.24, 2.45) is 0 Å². The molecule has 2 heterocycles. The van der Waals surface area contributed by atoms with Crippen molar-refractivity contribution in [2.45, 2.75) is 30.3 Å². The zero-order valence-electron chi connectivity index (χ0n) is 12.2. The maximum atomic E-state index is 12.4. The Hall–Kier alpha value is -2.15. The summed E-state index contributed by atoms with van der Waals surface area (Å²) < 4.78 is 25.6. The molecule has 0 bridgehead atoms. The van der Waals surface area contributed by atoms with Gasteiger partial charge >= 0.3 is 0 Å². The van der Waals surface area contributed by atoms with Crippen LogP contribution in [0.15, 0.2) is 41.6 Å². The van der Waals surface area contributed by atoms with Crippen molar-refractivity contribution >= 4 is 15.7 Å². The number of aromatic nitrogens is 2. The predicted molar refractivity (Wildman–Crippen MR) is 81.4 cm³/mol. The van der Waals surface area contributed by atoms with Crippen molar-refractivity contribution in [1.82, 2.24) is 14.9 Å². The molecule has 1 aliphatic heterocycles. The summed E-state index contributed by atoms with van der Waals surface area (Å²) in [6, 6.07) is 6.25. The highest BCUT2D eigenvalue weighted by molar-refractivity contribution is 7.90. The van der Waals surface area contributed by atoms with Gasteiger partial charge in [-0.15, -0.1) is 0 Å². The Balaban J connectivity index is 1.79. The molecule has 1 amide bonds. The third kappa shape index (κ3) is 2.89. The van der Waals surface area contributed by atoms with E-state index in [9.17, 15) is 13.2 Å². The molecule has 1 aliphatic rings. The van der Waals surface area contributed by atoms with E-state index < -0.39 is 9.84 Å². The Bertz CT molecular complexity index is 811. The summed E-state index contributed by atoms with van der Waals surface area (Å²) in [6.45, 7) is 0.655. The van der Waals surface area contributed by atoms with Gasteiger partial charge in [-0.25, -0.2) is 13.4 Å². The lowest BCUT2D eigenvalue weighted by atomic mass is 10.1. The molecular weight excluding hydrogens is 302 g/mol. The molecule has 1 N–H and O–H groups in total. The Morgan fingerprint density at radius 1 is 1.36 bits per heavy atom. The van der Waals surface area contributed by atoms with Crippen molar-refractivity contribution < 1.29 is 13.2 Å². The topological polar surface area (TPSA) is 81.1 Å². The number of rotatable bonds is 3. The second-order valence-electron chi connectivity index (χ2n) is 5.47. The molecule has 0 saturated heterocycles. The van der Waals surface area contributed by atoms with Gasteiger partial charge in [0.1, 0.15) is 5.82 Å². The van der Waals surface area contributed by atoms with Crippen LogP contribution < -0.4 is 5.32 Å². The molecule has 1 aromatic carbocycles. The maximum absolute atomic E-state index is 12.4. The Labute approximate surface area is 129 Å². The van der Waals surface area contributed by atoms with Gasteiger partial charge in [-0.1, -0.05) is 12.1 Å². The number of sulfone groups is 1. The quantitative estimate of drug-likeness (QED) is 0.916. The molecule has 0 aliphatic carbocycles. The van der Waals surface area contributed by atoms with Crippen molar-refractivity contribution in [3.05, 3.63) is 48.0 Å². The third-order valence-corrected chi connectivity index (χ3v) is 4.96. The number of amides is 1. The number of carbonyl (C=O) groups is 1. The van der Waals surface area contributed by atoms with Crippen LogP contribution in [0.25, 0.3) is 0 Å². The van der Waals surface area contributed by atoms with Crippen molar-refractivity contribution in [2.75, 3.05) is 6.26 Å². The molecule has 1 aromatic heterocycles. The summed E-state index contributed by atoms with van der Waals surface area (Å²) >= 11 is 0. The minimum atomic E-state index is -3.44. The molecule has 116 valence electrons. The largest absolute Gasteiger partial charge is 0.347 e. The minimum absolute atomic E-state index is 0.0261. The molecule has 1 atom stereocenters. The highest BCUT2D eigenvalue weighted by atomic mass is 32.2. The van der Waals surface area contributed by atoms with E-state index in [2.05, 4.69) is 10.3 Å². The second kappa shape index (κ2) is 5.57. The van der Waals surface area contributed by atoms with Gasteiger partial charge in [0, 0.05) is 37.7 Å². The monoisotopic (exact) mass is 319 g/mol. The predicted octanol–water partition coefficient (Wildman–Crippen LogP) is 1.03. The summed E-state index contributed by atoms with van der Waals surface area (Å²) in [5, 5.41) is 2.93. The normalized spacial score (nSPS) is 17.8. The molecule has 22 heavy (non-hydrogen) atoms. The van der Waals surface area contributed by atoms with Gasteiger partial charge in [0.05, 0.1) is 10.5 Å². The highest BCUT2D eigenvalue weighted by Crippen LogP contribution is 2.17. The zero-order valence-corrected chi connectivity index (χ0v) is 13.0. The maximum Gasteiger partial charge on any atom is 0.252 e.